The van der Waals surface area contributed by atoms with Crippen LogP contribution in [0.1, 0.15) is 34.1 Å². The molecule has 8 heteroatoms. The van der Waals surface area contributed by atoms with Crippen LogP contribution >= 0.6 is 0 Å². The summed E-state index contributed by atoms with van der Waals surface area (Å²) in [5.41, 5.74) is 5.45. The van der Waals surface area contributed by atoms with Gasteiger partial charge in [-0.2, -0.15) is 0 Å². The molecule has 1 unspecified atom stereocenters. The molecule has 140 valence electrons. The van der Waals surface area contributed by atoms with Crippen LogP contribution in [0.25, 0.3) is 0 Å². The number of nitrogens with one attached hydrogen (secondary N) is 1. The Morgan fingerprint density at radius 3 is 1.96 bits per heavy atom. The summed E-state index contributed by atoms with van der Waals surface area (Å²) in [5.74, 6) is -1.13. The van der Waals surface area contributed by atoms with Crippen molar-refractivity contribution < 1.29 is 23.1 Å². The Balaban J connectivity index is 4.39. The number of hydrogen-bond acceptors (Lipinski definition) is 7. The van der Waals surface area contributed by atoms with Gasteiger partial charge in [-0.3, -0.25) is 0 Å². The zero-order valence-electron chi connectivity index (χ0n) is 15.3. The van der Waals surface area contributed by atoms with Crippen molar-refractivity contribution in [2.45, 2.75) is 46.1 Å². The second-order valence-electron chi connectivity index (χ2n) is 4.86. The number of rotatable bonds is 17. The Bertz CT molecular complexity index is 245. The summed E-state index contributed by atoms with van der Waals surface area (Å²) in [6.07, 6.45) is 1.00. The van der Waals surface area contributed by atoms with Gasteiger partial charge in [0.05, 0.1) is 0 Å². The van der Waals surface area contributed by atoms with Gasteiger partial charge in [0, 0.05) is 39.5 Å². The summed E-state index contributed by atoms with van der Waals surface area (Å²) in [6.45, 7) is 12.5. The fourth-order valence-electron chi connectivity index (χ4n) is 2.13. The standard InChI is InChI=1S/C15H36N2O5Si/c1-5-18-15(19-6-2,20-7-3)14-22-23(21-8-4)13-9-11-17-12-10-16/h17,23H,5-14,16H2,1-4H3. The summed E-state index contributed by atoms with van der Waals surface area (Å²) in [7, 11) is -1.77. The van der Waals surface area contributed by atoms with Gasteiger partial charge in [-0.1, -0.05) is 0 Å². The van der Waals surface area contributed by atoms with Crippen molar-refractivity contribution in [3.63, 3.8) is 0 Å². The van der Waals surface area contributed by atoms with Crippen molar-refractivity contribution in [3.8, 4) is 0 Å². The minimum atomic E-state index is -1.77. The second kappa shape index (κ2) is 15.5. The predicted octanol–water partition coefficient (Wildman–Crippen LogP) is 0.962. The first-order valence-corrected chi connectivity index (χ1v) is 10.5. The Morgan fingerprint density at radius 2 is 1.48 bits per heavy atom. The SMILES string of the molecule is CCO[SiH](CCCNCCN)OCC(OCC)(OCC)OCC. The van der Waals surface area contributed by atoms with Crippen LogP contribution in [0, 0.1) is 0 Å². The smallest absolute Gasteiger partial charge is 0.321 e. The maximum absolute atomic E-state index is 6.00. The minimum absolute atomic E-state index is 0.232. The van der Waals surface area contributed by atoms with Crippen LogP contribution in [0.4, 0.5) is 0 Å². The molecule has 7 nitrogen and oxygen atoms in total. The van der Waals surface area contributed by atoms with Crippen LogP contribution in [0.5, 0.6) is 0 Å². The molecule has 0 saturated carbocycles. The Morgan fingerprint density at radius 1 is 0.870 bits per heavy atom. The highest BCUT2D eigenvalue weighted by Gasteiger charge is 2.34. The van der Waals surface area contributed by atoms with E-state index in [0.717, 1.165) is 25.6 Å². The van der Waals surface area contributed by atoms with Gasteiger partial charge in [-0.05, 0) is 46.7 Å². The van der Waals surface area contributed by atoms with Gasteiger partial charge in [-0.15, -0.1) is 0 Å². The molecule has 1 atom stereocenters. The molecule has 0 rings (SSSR count). The Kier molecular flexibility index (Phi) is 15.4. The predicted molar refractivity (Wildman–Crippen MR) is 93.7 cm³/mol. The molecule has 0 saturated heterocycles. The van der Waals surface area contributed by atoms with E-state index >= 15 is 0 Å². The lowest BCUT2D eigenvalue weighted by atomic mass is 10.5. The van der Waals surface area contributed by atoms with E-state index < -0.39 is 15.3 Å². The van der Waals surface area contributed by atoms with E-state index in [1.807, 2.05) is 27.7 Å². The Labute approximate surface area is 143 Å². The van der Waals surface area contributed by atoms with Crippen LogP contribution in [0.3, 0.4) is 0 Å². The van der Waals surface area contributed by atoms with Crippen molar-refractivity contribution in [1.29, 1.82) is 0 Å². The zero-order chi connectivity index (χ0) is 17.4. The van der Waals surface area contributed by atoms with Gasteiger partial charge in [0.15, 0.2) is 0 Å². The lowest BCUT2D eigenvalue weighted by molar-refractivity contribution is -0.386. The molecule has 0 aromatic rings. The fourth-order valence-corrected chi connectivity index (χ4v) is 3.86. The van der Waals surface area contributed by atoms with Gasteiger partial charge in [0.1, 0.15) is 6.61 Å². The average Bonchev–Trinajstić information content (AvgIpc) is 2.53. The quantitative estimate of drug-likeness (QED) is 0.229. The summed E-state index contributed by atoms with van der Waals surface area (Å²) < 4.78 is 28.8. The van der Waals surface area contributed by atoms with Crippen LogP contribution in [-0.2, 0) is 23.1 Å². The van der Waals surface area contributed by atoms with E-state index in [2.05, 4.69) is 5.32 Å². The number of nitrogens with two attached hydrogens (primary N) is 1. The molecule has 0 radical (unpaired) electrons. The second-order valence-corrected chi connectivity index (χ2v) is 6.96. The van der Waals surface area contributed by atoms with Crippen molar-refractivity contribution in [2.24, 2.45) is 5.73 Å². The zero-order valence-corrected chi connectivity index (χ0v) is 16.4. The van der Waals surface area contributed by atoms with E-state index in [0.29, 0.717) is 33.0 Å². The fraction of sp³-hybridized carbons (Fsp3) is 1.00. The van der Waals surface area contributed by atoms with Crippen molar-refractivity contribution >= 4 is 9.28 Å². The largest absolute Gasteiger partial charge is 0.397 e. The molecule has 0 bridgehead atoms. The summed E-state index contributed by atoms with van der Waals surface area (Å²) in [6, 6.07) is 0.922. The van der Waals surface area contributed by atoms with Crippen LogP contribution in [0.15, 0.2) is 0 Å². The third kappa shape index (κ3) is 11.2. The highest BCUT2D eigenvalue weighted by Crippen LogP contribution is 2.18. The van der Waals surface area contributed by atoms with Crippen molar-refractivity contribution in [1.82, 2.24) is 5.32 Å². The average molecular weight is 353 g/mol. The van der Waals surface area contributed by atoms with Gasteiger partial charge in [0.2, 0.25) is 0 Å². The molecule has 0 spiro atoms. The third-order valence-electron chi connectivity index (χ3n) is 3.01. The van der Waals surface area contributed by atoms with Gasteiger partial charge in [-0.25, -0.2) is 0 Å². The normalized spacial score (nSPS) is 13.4. The molecule has 0 amide bonds. The van der Waals surface area contributed by atoms with E-state index in [1.54, 1.807) is 0 Å². The van der Waals surface area contributed by atoms with Crippen molar-refractivity contribution in [2.75, 3.05) is 52.7 Å². The molecule has 0 aromatic heterocycles. The first-order valence-electron chi connectivity index (χ1n) is 8.73. The van der Waals surface area contributed by atoms with E-state index in [4.69, 9.17) is 28.8 Å². The molecule has 0 heterocycles. The molecule has 23 heavy (non-hydrogen) atoms. The van der Waals surface area contributed by atoms with Crippen molar-refractivity contribution in [3.05, 3.63) is 0 Å². The molecule has 0 aliphatic rings. The van der Waals surface area contributed by atoms with Gasteiger partial charge in [0.25, 0.3) is 0 Å². The summed E-state index contributed by atoms with van der Waals surface area (Å²) in [4.78, 5) is 0. The lowest BCUT2D eigenvalue weighted by Gasteiger charge is -2.33. The molecular formula is C15H36N2O5Si. The van der Waals surface area contributed by atoms with Crippen LogP contribution in [0.2, 0.25) is 6.04 Å². The van der Waals surface area contributed by atoms with Crippen LogP contribution < -0.4 is 11.1 Å². The number of hydrogen-bond donors (Lipinski definition) is 2. The first kappa shape index (κ1) is 22.9. The van der Waals surface area contributed by atoms with E-state index in [-0.39, 0.29) is 6.61 Å². The minimum Gasteiger partial charge on any atom is -0.397 e. The molecule has 0 fully saturated rings. The lowest BCUT2D eigenvalue weighted by Crippen LogP contribution is -2.46. The van der Waals surface area contributed by atoms with E-state index in [1.165, 1.54) is 0 Å². The Hall–Kier alpha value is -0.0631. The maximum Gasteiger partial charge on any atom is 0.321 e. The topological polar surface area (TPSA) is 84.2 Å². The highest BCUT2D eigenvalue weighted by atomic mass is 28.3. The molecule has 3 N–H and O–H groups in total. The monoisotopic (exact) mass is 352 g/mol. The van der Waals surface area contributed by atoms with Gasteiger partial charge >= 0.3 is 15.3 Å². The summed E-state index contributed by atoms with van der Waals surface area (Å²) in [5, 5.41) is 3.28. The van der Waals surface area contributed by atoms with E-state index in [9.17, 15) is 0 Å². The third-order valence-corrected chi connectivity index (χ3v) is 5.13. The first-order chi connectivity index (χ1) is 11.2. The molecule has 0 aliphatic carbocycles. The van der Waals surface area contributed by atoms with Gasteiger partial charge < -0.3 is 34.1 Å². The molecule has 0 aromatic carbocycles. The molecular weight excluding hydrogens is 316 g/mol. The van der Waals surface area contributed by atoms with Crippen LogP contribution in [-0.4, -0.2) is 67.9 Å². The summed E-state index contributed by atoms with van der Waals surface area (Å²) >= 11 is 0. The highest BCUT2D eigenvalue weighted by molar-refractivity contribution is 6.44. The maximum atomic E-state index is 6.00. The molecule has 0 aliphatic heterocycles. The number of ether oxygens (including phenoxy) is 3.